The molecule has 162 valence electrons. The van der Waals surface area contributed by atoms with Crippen molar-refractivity contribution in [3.8, 4) is 0 Å². The van der Waals surface area contributed by atoms with Gasteiger partial charge in [-0.25, -0.2) is 4.98 Å². The molecule has 2 unspecified atom stereocenters. The smallest absolute Gasteiger partial charge is 0.254 e. The zero-order valence-electron chi connectivity index (χ0n) is 18.2. The van der Waals surface area contributed by atoms with Crippen LogP contribution in [0.5, 0.6) is 0 Å². The molecule has 2 bridgehead atoms. The fraction of sp³-hybridized carbons (Fsp3) is 0.417. The average molecular weight is 419 g/mol. The number of anilines is 2. The molecule has 0 aliphatic carbocycles. The minimum Gasteiger partial charge on any atom is -0.387 e. The number of benzene rings is 1. The molecule has 2 aliphatic heterocycles. The van der Waals surface area contributed by atoms with Gasteiger partial charge in [-0.2, -0.15) is 0 Å². The summed E-state index contributed by atoms with van der Waals surface area (Å²) >= 11 is 0. The molecule has 2 aromatic heterocycles. The summed E-state index contributed by atoms with van der Waals surface area (Å²) in [5.74, 6) is -0.101. The van der Waals surface area contributed by atoms with Gasteiger partial charge in [0.1, 0.15) is 5.65 Å². The molecule has 0 saturated carbocycles. The largest absolute Gasteiger partial charge is 0.387 e. The first-order chi connectivity index (χ1) is 15.1. The van der Waals surface area contributed by atoms with Crippen molar-refractivity contribution in [3.05, 3.63) is 53.9 Å². The Morgan fingerprint density at radius 3 is 2.61 bits per heavy atom. The van der Waals surface area contributed by atoms with Gasteiger partial charge in [-0.3, -0.25) is 4.79 Å². The summed E-state index contributed by atoms with van der Waals surface area (Å²) in [6.45, 7) is 2.78. The fourth-order valence-electron chi connectivity index (χ4n) is 4.95. The quantitative estimate of drug-likeness (QED) is 0.574. The highest BCUT2D eigenvalue weighted by Gasteiger charge is 2.32. The number of fused-ring (bicyclic) bond motifs is 3. The molecule has 2 aliphatic rings. The van der Waals surface area contributed by atoms with Gasteiger partial charge in [0.2, 0.25) is 0 Å². The highest BCUT2D eigenvalue weighted by atomic mass is 16.1. The number of rotatable bonds is 6. The number of hydrogen-bond donors (Lipinski definition) is 3. The van der Waals surface area contributed by atoms with Crippen LogP contribution in [0.15, 0.2) is 42.7 Å². The van der Waals surface area contributed by atoms with E-state index in [1.807, 2.05) is 30.9 Å². The van der Waals surface area contributed by atoms with Gasteiger partial charge in [-0.15, -0.1) is 0 Å². The highest BCUT2D eigenvalue weighted by Crippen LogP contribution is 2.27. The highest BCUT2D eigenvalue weighted by molar-refractivity contribution is 6.06. The van der Waals surface area contributed by atoms with Crippen LogP contribution in [0, 0.1) is 0 Å². The van der Waals surface area contributed by atoms with E-state index in [9.17, 15) is 4.79 Å². The maximum Gasteiger partial charge on any atom is 0.254 e. The lowest BCUT2D eigenvalue weighted by Crippen LogP contribution is -2.51. The molecule has 4 heterocycles. The number of piperazine rings is 1. The zero-order valence-corrected chi connectivity index (χ0v) is 18.2. The second-order valence-electron chi connectivity index (χ2n) is 8.68. The van der Waals surface area contributed by atoms with Crippen molar-refractivity contribution in [2.24, 2.45) is 7.05 Å². The molecule has 7 heteroatoms. The van der Waals surface area contributed by atoms with Gasteiger partial charge in [-0.05, 0) is 43.0 Å². The first-order valence-corrected chi connectivity index (χ1v) is 11.1. The molecule has 0 radical (unpaired) electrons. The molecular formula is C24H30N6O. The molecule has 3 N–H and O–H groups in total. The Labute approximate surface area is 182 Å². The van der Waals surface area contributed by atoms with Crippen LogP contribution in [0.4, 0.5) is 11.4 Å². The van der Waals surface area contributed by atoms with Crippen LogP contribution >= 0.6 is 0 Å². The maximum atomic E-state index is 12.8. The molecular weight excluding hydrogens is 388 g/mol. The Balaban J connectivity index is 1.19. The third-order valence-electron chi connectivity index (χ3n) is 6.61. The van der Waals surface area contributed by atoms with Crippen molar-refractivity contribution >= 4 is 28.3 Å². The number of hydrogen-bond acceptors (Lipinski definition) is 5. The van der Waals surface area contributed by atoms with E-state index in [-0.39, 0.29) is 5.91 Å². The molecule has 2 saturated heterocycles. The zero-order chi connectivity index (χ0) is 21.4. The van der Waals surface area contributed by atoms with Gasteiger partial charge in [-0.1, -0.05) is 12.1 Å². The van der Waals surface area contributed by atoms with Crippen LogP contribution in [0.1, 0.15) is 28.8 Å². The Morgan fingerprint density at radius 2 is 1.90 bits per heavy atom. The Morgan fingerprint density at radius 1 is 1.16 bits per heavy atom. The van der Waals surface area contributed by atoms with E-state index in [1.54, 1.807) is 6.20 Å². The molecule has 2 atom stereocenters. The summed E-state index contributed by atoms with van der Waals surface area (Å²) in [7, 11) is 3.79. The predicted octanol–water partition coefficient (Wildman–Crippen LogP) is 2.53. The van der Waals surface area contributed by atoms with Gasteiger partial charge in [0.05, 0.1) is 11.3 Å². The van der Waals surface area contributed by atoms with Crippen LogP contribution < -0.4 is 20.9 Å². The van der Waals surface area contributed by atoms with Crippen LogP contribution in [-0.4, -0.2) is 54.2 Å². The Bertz CT molecular complexity index is 1080. The van der Waals surface area contributed by atoms with Crippen LogP contribution in [-0.2, 0) is 13.5 Å². The van der Waals surface area contributed by atoms with E-state index in [0.29, 0.717) is 24.2 Å². The summed E-state index contributed by atoms with van der Waals surface area (Å²) in [5.41, 5.74) is 4.78. The minimum absolute atomic E-state index is 0.101. The summed E-state index contributed by atoms with van der Waals surface area (Å²) in [6.07, 6.45) is 6.99. The van der Waals surface area contributed by atoms with Gasteiger partial charge >= 0.3 is 0 Å². The van der Waals surface area contributed by atoms with Crippen molar-refractivity contribution in [1.82, 2.24) is 20.2 Å². The van der Waals surface area contributed by atoms with Crippen molar-refractivity contribution in [3.63, 3.8) is 0 Å². The van der Waals surface area contributed by atoms with Crippen molar-refractivity contribution in [2.45, 2.75) is 31.3 Å². The molecule has 0 spiro atoms. The topological polar surface area (TPSA) is 74.2 Å². The van der Waals surface area contributed by atoms with Crippen LogP contribution in [0.2, 0.25) is 0 Å². The normalized spacial score (nSPS) is 20.3. The molecule has 1 amide bonds. The third kappa shape index (κ3) is 3.85. The van der Waals surface area contributed by atoms with E-state index < -0.39 is 0 Å². The number of carbonyl (C=O) groups is 1. The van der Waals surface area contributed by atoms with Crippen LogP contribution in [0.25, 0.3) is 11.0 Å². The number of aryl methyl sites for hydroxylation is 1. The van der Waals surface area contributed by atoms with E-state index in [0.717, 1.165) is 36.2 Å². The lowest BCUT2D eigenvalue weighted by molar-refractivity contribution is 0.0954. The summed E-state index contributed by atoms with van der Waals surface area (Å²) in [6, 6.07) is 12.1. The summed E-state index contributed by atoms with van der Waals surface area (Å²) in [5, 5.41) is 10.8. The number of carbonyl (C=O) groups excluding carboxylic acids is 1. The fourth-order valence-corrected chi connectivity index (χ4v) is 4.95. The number of nitrogens with one attached hydrogen (secondary N) is 3. The predicted molar refractivity (Wildman–Crippen MR) is 125 cm³/mol. The SMILES string of the molecule is CNc1c(C(=O)NCCc2ccc(N3CC4CCC(C3)N4)cc2)cnc2c1ccn2C. The summed E-state index contributed by atoms with van der Waals surface area (Å²) < 4.78 is 1.95. The number of amides is 1. The van der Waals surface area contributed by atoms with Gasteiger partial charge < -0.3 is 25.4 Å². The first kappa shape index (κ1) is 19.9. The monoisotopic (exact) mass is 418 g/mol. The summed E-state index contributed by atoms with van der Waals surface area (Å²) in [4.78, 5) is 19.7. The maximum absolute atomic E-state index is 12.8. The molecule has 31 heavy (non-hydrogen) atoms. The van der Waals surface area contributed by atoms with E-state index >= 15 is 0 Å². The number of nitrogens with zero attached hydrogens (tertiary/aromatic N) is 3. The number of pyridine rings is 1. The van der Waals surface area contributed by atoms with Crippen LogP contribution in [0.3, 0.4) is 0 Å². The van der Waals surface area contributed by atoms with Gasteiger partial charge in [0.15, 0.2) is 0 Å². The van der Waals surface area contributed by atoms with Gasteiger partial charge in [0.25, 0.3) is 5.91 Å². The lowest BCUT2D eigenvalue weighted by atomic mass is 10.1. The van der Waals surface area contributed by atoms with Crippen molar-refractivity contribution in [2.75, 3.05) is 36.9 Å². The molecule has 2 fully saturated rings. The second kappa shape index (κ2) is 8.23. The van der Waals surface area contributed by atoms with E-state index in [4.69, 9.17) is 0 Å². The molecule has 1 aromatic carbocycles. The van der Waals surface area contributed by atoms with E-state index in [1.165, 1.54) is 24.1 Å². The third-order valence-corrected chi connectivity index (χ3v) is 6.61. The Hall–Kier alpha value is -3.06. The molecule has 7 nitrogen and oxygen atoms in total. The standard InChI is InChI=1S/C24H30N6O/c1-25-22-20-10-12-29(2)23(20)27-13-21(22)24(31)26-11-9-16-3-7-19(8-4-16)30-14-17-5-6-18(15-30)28-17/h3-4,7-8,10,12-13,17-18,28H,5-6,9,11,14-15H2,1-2H3,(H,25,27)(H,26,31). The second-order valence-corrected chi connectivity index (χ2v) is 8.68. The van der Waals surface area contributed by atoms with E-state index in [2.05, 4.69) is 50.1 Å². The minimum atomic E-state index is -0.101. The number of aromatic nitrogens is 2. The molecule has 3 aromatic rings. The molecule has 5 rings (SSSR count). The first-order valence-electron chi connectivity index (χ1n) is 11.1. The lowest BCUT2D eigenvalue weighted by Gasteiger charge is -2.34. The Kier molecular flexibility index (Phi) is 5.28. The van der Waals surface area contributed by atoms with Crippen molar-refractivity contribution < 1.29 is 4.79 Å². The van der Waals surface area contributed by atoms with Crippen molar-refractivity contribution in [1.29, 1.82) is 0 Å². The average Bonchev–Trinajstić information content (AvgIpc) is 3.34. The van der Waals surface area contributed by atoms with Gasteiger partial charge in [0, 0.05) is 69.3 Å².